The van der Waals surface area contributed by atoms with Crippen LogP contribution in [0.3, 0.4) is 0 Å². The van der Waals surface area contributed by atoms with Gasteiger partial charge in [-0.05, 0) is 33.7 Å². The molecule has 4 aromatic rings. The zero-order valence-corrected chi connectivity index (χ0v) is 20.5. The van der Waals surface area contributed by atoms with E-state index >= 15 is 0 Å². The second-order valence-electron chi connectivity index (χ2n) is 9.35. The summed E-state index contributed by atoms with van der Waals surface area (Å²) in [4.78, 5) is 8.25. The van der Waals surface area contributed by atoms with E-state index in [1.165, 1.54) is 58.6 Å². The van der Waals surface area contributed by atoms with Gasteiger partial charge >= 0.3 is 0 Å². The summed E-state index contributed by atoms with van der Waals surface area (Å²) < 4.78 is 13.4. The minimum atomic E-state index is -0.500. The quantitative estimate of drug-likeness (QED) is 0.293. The van der Waals surface area contributed by atoms with E-state index in [1.807, 2.05) is 0 Å². The van der Waals surface area contributed by atoms with Gasteiger partial charge < -0.3 is 23.9 Å². The highest BCUT2D eigenvalue weighted by Gasteiger charge is 2.26. The number of ether oxygens (including phenoxy) is 2. The summed E-state index contributed by atoms with van der Waals surface area (Å²) in [5.41, 5.74) is 2.45. The van der Waals surface area contributed by atoms with E-state index in [-0.39, 0.29) is 0 Å². The number of carbonyl (C=O) groups is 1. The molecular weight excluding hydrogens is 438 g/mol. The Bertz CT molecular complexity index is 1290. The molecule has 0 amide bonds. The number of likely N-dealkylation sites (N-methyl/N-ethyl adjacent to an activating group) is 1. The number of fused-ring (bicyclic) bond motifs is 2. The minimum Gasteiger partial charge on any atom is -0.554 e. The normalized spacial score (nSPS) is 14.3. The Morgan fingerprint density at radius 1 is 0.829 bits per heavy atom. The molecule has 0 aromatic heterocycles. The summed E-state index contributed by atoms with van der Waals surface area (Å²) in [6.07, 6.45) is 3.44. The number of benzene rings is 4. The first kappa shape index (κ1) is 24.6. The fourth-order valence-electron chi connectivity index (χ4n) is 5.20. The van der Waals surface area contributed by atoms with Crippen LogP contribution in [0.4, 0.5) is 0 Å². The molecule has 0 spiro atoms. The highest BCUT2D eigenvalue weighted by molar-refractivity contribution is 5.91. The van der Waals surface area contributed by atoms with Crippen molar-refractivity contribution in [2.24, 2.45) is 0 Å². The van der Waals surface area contributed by atoms with E-state index in [2.05, 4.69) is 79.8 Å². The van der Waals surface area contributed by atoms with E-state index in [4.69, 9.17) is 19.4 Å². The molecule has 1 heterocycles. The third kappa shape index (κ3) is 5.57. The van der Waals surface area contributed by atoms with Gasteiger partial charge in [-0.15, -0.1) is 0 Å². The van der Waals surface area contributed by atoms with E-state index in [9.17, 15) is 0 Å². The molecule has 1 saturated heterocycles. The van der Waals surface area contributed by atoms with Crippen LogP contribution in [-0.2, 0) is 11.2 Å². The average molecular weight is 472 g/mol. The molecule has 0 atom stereocenters. The van der Waals surface area contributed by atoms with Crippen LogP contribution in [0, 0.1) is 0 Å². The van der Waals surface area contributed by atoms with Gasteiger partial charge in [-0.25, -0.2) is 0 Å². The maximum atomic E-state index is 8.25. The van der Waals surface area contributed by atoms with Crippen LogP contribution in [0.25, 0.3) is 21.5 Å². The molecule has 1 aliphatic heterocycles. The Morgan fingerprint density at radius 3 is 1.91 bits per heavy atom. The molecule has 182 valence electrons. The van der Waals surface area contributed by atoms with Crippen molar-refractivity contribution in [2.75, 3.05) is 40.4 Å². The highest BCUT2D eigenvalue weighted by Crippen LogP contribution is 2.36. The van der Waals surface area contributed by atoms with Crippen molar-refractivity contribution in [3.05, 3.63) is 83.9 Å². The number of hydrogen-bond acceptors (Lipinski definition) is 4. The van der Waals surface area contributed by atoms with Crippen molar-refractivity contribution in [1.29, 1.82) is 0 Å². The van der Waals surface area contributed by atoms with Gasteiger partial charge in [-0.1, -0.05) is 60.7 Å². The van der Waals surface area contributed by atoms with Crippen molar-refractivity contribution in [1.82, 2.24) is 0 Å². The maximum Gasteiger partial charge on any atom is 0.137 e. The Morgan fingerprint density at radius 2 is 1.34 bits per heavy atom. The van der Waals surface area contributed by atoms with Gasteiger partial charge in [0.15, 0.2) is 0 Å². The summed E-state index contributed by atoms with van der Waals surface area (Å²) in [6, 6.07) is 25.7. The third-order valence-electron chi connectivity index (χ3n) is 7.10. The molecule has 4 aromatic carbocycles. The van der Waals surface area contributed by atoms with E-state index in [0.717, 1.165) is 35.6 Å². The fraction of sp³-hybridized carbons (Fsp3) is 0.300. The molecule has 5 heteroatoms. The smallest absolute Gasteiger partial charge is 0.137 e. The van der Waals surface area contributed by atoms with Crippen LogP contribution in [0.2, 0.25) is 0 Å². The van der Waals surface area contributed by atoms with Gasteiger partial charge in [0.1, 0.15) is 24.7 Å². The van der Waals surface area contributed by atoms with E-state index in [1.54, 1.807) is 7.11 Å². The molecule has 0 aliphatic carbocycles. The number of quaternary nitrogens is 1. The van der Waals surface area contributed by atoms with Crippen LogP contribution < -0.4 is 14.6 Å². The van der Waals surface area contributed by atoms with Gasteiger partial charge in [0.2, 0.25) is 0 Å². The number of hydrogen-bond donors (Lipinski definition) is 0. The van der Waals surface area contributed by atoms with Crippen molar-refractivity contribution in [2.45, 2.75) is 19.3 Å². The Hall–Kier alpha value is -3.57. The molecule has 35 heavy (non-hydrogen) atoms. The lowest BCUT2D eigenvalue weighted by atomic mass is 9.93. The molecule has 1 fully saturated rings. The zero-order chi connectivity index (χ0) is 24.7. The second-order valence-corrected chi connectivity index (χ2v) is 9.35. The predicted molar refractivity (Wildman–Crippen MR) is 139 cm³/mol. The number of rotatable bonds is 7. The summed E-state index contributed by atoms with van der Waals surface area (Å²) in [6.45, 7) is 3.83. The van der Waals surface area contributed by atoms with Crippen LogP contribution in [0.15, 0.2) is 72.8 Å². The Kier molecular flexibility index (Phi) is 7.88. The molecule has 5 nitrogen and oxygen atoms in total. The molecule has 0 radical (unpaired) electrons. The zero-order valence-electron chi connectivity index (χ0n) is 20.5. The third-order valence-corrected chi connectivity index (χ3v) is 7.10. The molecule has 1 aliphatic rings. The first-order valence-corrected chi connectivity index (χ1v) is 12.2. The van der Waals surface area contributed by atoms with Crippen LogP contribution in [0.1, 0.15) is 24.0 Å². The molecular formula is C30H33NO4. The van der Waals surface area contributed by atoms with E-state index < -0.39 is 6.47 Å². The van der Waals surface area contributed by atoms with Gasteiger partial charge in [0, 0.05) is 36.9 Å². The summed E-state index contributed by atoms with van der Waals surface area (Å²) in [5, 5.41) is 13.2. The SMILES string of the molecule is COc1ccc2ccccc2c1Cc1c(OCC[N+]2(C)CCCC2)ccc2ccccc12.O=C[O-]. The monoisotopic (exact) mass is 471 g/mol. The number of likely N-dealkylation sites (tertiary alicyclic amines) is 1. The molecule has 0 N–H and O–H groups in total. The van der Waals surface area contributed by atoms with Gasteiger partial charge in [-0.2, -0.15) is 0 Å². The second kappa shape index (κ2) is 11.2. The first-order valence-electron chi connectivity index (χ1n) is 12.2. The lowest BCUT2D eigenvalue weighted by Crippen LogP contribution is -2.43. The van der Waals surface area contributed by atoms with Crippen molar-refractivity contribution in [3.63, 3.8) is 0 Å². The van der Waals surface area contributed by atoms with Crippen molar-refractivity contribution in [3.8, 4) is 11.5 Å². The first-order chi connectivity index (χ1) is 17.1. The van der Waals surface area contributed by atoms with Crippen LogP contribution in [0.5, 0.6) is 11.5 Å². The minimum absolute atomic E-state index is 0.500. The van der Waals surface area contributed by atoms with Gasteiger partial charge in [0.25, 0.3) is 0 Å². The Labute approximate surface area is 207 Å². The predicted octanol–water partition coefficient (Wildman–Crippen LogP) is 4.58. The lowest BCUT2D eigenvalue weighted by Gasteiger charge is -2.29. The number of carbonyl (C=O) groups excluding carboxylic acids is 1. The number of carboxylic acid groups (broad SMARTS) is 1. The highest BCUT2D eigenvalue weighted by atomic mass is 16.5. The molecule has 5 rings (SSSR count). The molecule has 0 bridgehead atoms. The van der Waals surface area contributed by atoms with Gasteiger partial charge in [0.05, 0.1) is 27.2 Å². The number of methoxy groups -OCH3 is 1. The van der Waals surface area contributed by atoms with E-state index in [0.29, 0.717) is 0 Å². The largest absolute Gasteiger partial charge is 0.554 e. The lowest BCUT2D eigenvalue weighted by molar-refractivity contribution is -0.897. The number of nitrogens with zero attached hydrogens (tertiary/aromatic N) is 1. The summed E-state index contributed by atoms with van der Waals surface area (Å²) >= 11 is 0. The summed E-state index contributed by atoms with van der Waals surface area (Å²) in [5.74, 6) is 1.92. The van der Waals surface area contributed by atoms with Crippen LogP contribution in [-0.4, -0.2) is 51.4 Å². The molecule has 0 saturated carbocycles. The van der Waals surface area contributed by atoms with Crippen molar-refractivity contribution < 1.29 is 23.9 Å². The summed E-state index contributed by atoms with van der Waals surface area (Å²) in [7, 11) is 4.12. The topological polar surface area (TPSA) is 58.6 Å². The average Bonchev–Trinajstić information content (AvgIpc) is 3.32. The Balaban J connectivity index is 0.000000917. The maximum absolute atomic E-state index is 8.25. The standard InChI is InChI=1S/C29H32NO2.CH2O2/c1-30(17-7-8-18-30)19-20-32-29-16-14-23-10-4-6-12-25(23)27(29)21-26-24-11-5-3-9-22(24)13-15-28(26)31-2;2-1-3/h3-6,9-16H,7-8,17-21H2,1-2H3;1H,(H,2,3)/q+1;/p-1. The van der Waals surface area contributed by atoms with Crippen molar-refractivity contribution >= 4 is 28.0 Å². The van der Waals surface area contributed by atoms with Crippen LogP contribution >= 0.6 is 0 Å². The van der Waals surface area contributed by atoms with Gasteiger partial charge in [-0.3, -0.25) is 0 Å². The fourth-order valence-corrected chi connectivity index (χ4v) is 5.20. The molecule has 0 unspecified atom stereocenters.